The van der Waals surface area contributed by atoms with Gasteiger partial charge in [0.05, 0.1) is 46.5 Å². The Morgan fingerprint density at radius 1 is 0.467 bits per heavy atom. The zero-order valence-corrected chi connectivity index (χ0v) is 16.3. The number of hydrogen-bond acceptors (Lipinski definition) is 4. The molecule has 0 aromatic heterocycles. The van der Waals surface area contributed by atoms with E-state index in [0.29, 0.717) is 33.0 Å². The molecule has 0 N–H and O–H groups in total. The average molecular weight is 380 g/mol. The highest BCUT2D eigenvalue weighted by atomic mass is 14.3. The molecule has 30 heavy (non-hydrogen) atoms. The molecule has 5 aromatic carbocycles. The van der Waals surface area contributed by atoms with Gasteiger partial charge in [0.2, 0.25) is 0 Å². The molecule has 4 heteroatoms. The summed E-state index contributed by atoms with van der Waals surface area (Å²) >= 11 is 0. The van der Waals surface area contributed by atoms with Gasteiger partial charge >= 0.3 is 0 Å². The monoisotopic (exact) mass is 380 g/mol. The maximum absolute atomic E-state index is 9.95. The van der Waals surface area contributed by atoms with Crippen LogP contribution in [0.4, 0.5) is 0 Å². The first-order chi connectivity index (χ1) is 14.5. The van der Waals surface area contributed by atoms with Gasteiger partial charge in [-0.25, -0.2) is 0 Å². The SMILES string of the molecule is Cc1cc(C#N)c2c3c(C#N)cc(C#N)c4c(C)ccc(c5ccc(C#N)c1c52)c43. The molecule has 5 aromatic rings. The maximum Gasteiger partial charge on any atom is 0.0998 e. The molecular formula is C26H12N4. The number of benzene rings is 5. The van der Waals surface area contributed by atoms with Gasteiger partial charge in [0.15, 0.2) is 0 Å². The lowest BCUT2D eigenvalue weighted by Crippen LogP contribution is -1.98. The molecule has 4 nitrogen and oxygen atoms in total. The van der Waals surface area contributed by atoms with Crippen LogP contribution in [-0.2, 0) is 0 Å². The summed E-state index contributed by atoms with van der Waals surface area (Å²) in [4.78, 5) is 0. The van der Waals surface area contributed by atoms with Crippen LogP contribution in [0.1, 0.15) is 33.4 Å². The Hall–Kier alpha value is -4.64. The van der Waals surface area contributed by atoms with E-state index in [0.717, 1.165) is 43.4 Å². The molecule has 0 heterocycles. The van der Waals surface area contributed by atoms with Crippen LogP contribution in [0, 0.1) is 59.2 Å². The number of fused-ring (bicyclic) bond motifs is 2. The van der Waals surface area contributed by atoms with Gasteiger partial charge in [-0.05, 0) is 53.9 Å². The van der Waals surface area contributed by atoms with Crippen LogP contribution in [-0.4, -0.2) is 0 Å². The molecule has 5 rings (SSSR count). The van der Waals surface area contributed by atoms with Crippen molar-refractivity contribution in [1.82, 2.24) is 0 Å². The molecule has 0 atom stereocenters. The lowest BCUT2D eigenvalue weighted by atomic mass is 9.82. The highest BCUT2D eigenvalue weighted by Gasteiger charge is 2.23. The average Bonchev–Trinajstić information content (AvgIpc) is 2.77. The topological polar surface area (TPSA) is 95.2 Å². The molecule has 0 unspecified atom stereocenters. The first-order valence-electron chi connectivity index (χ1n) is 9.37. The van der Waals surface area contributed by atoms with Crippen LogP contribution in [0.3, 0.4) is 0 Å². The number of rotatable bonds is 0. The van der Waals surface area contributed by atoms with Gasteiger partial charge < -0.3 is 0 Å². The van der Waals surface area contributed by atoms with Crippen molar-refractivity contribution in [3.63, 3.8) is 0 Å². The van der Waals surface area contributed by atoms with Crippen LogP contribution >= 0.6 is 0 Å². The minimum absolute atomic E-state index is 0.362. The first kappa shape index (κ1) is 17.5. The van der Waals surface area contributed by atoms with Crippen LogP contribution in [0.15, 0.2) is 36.4 Å². The number of nitriles is 4. The minimum Gasteiger partial charge on any atom is -0.192 e. The normalized spacial score (nSPS) is 10.9. The van der Waals surface area contributed by atoms with Gasteiger partial charge in [-0.3, -0.25) is 0 Å². The third-order valence-corrected chi connectivity index (χ3v) is 5.99. The molecule has 0 bridgehead atoms. The van der Waals surface area contributed by atoms with E-state index < -0.39 is 0 Å². The predicted molar refractivity (Wildman–Crippen MR) is 116 cm³/mol. The summed E-state index contributed by atoms with van der Waals surface area (Å²) in [5, 5.41) is 45.8. The standard InChI is InChI=1S/C26H12N4/c1-13-3-5-19-20-6-4-15(9-27)22-14(2)7-16(10-28)23(26(20)22)24-18(12-30)8-17(11-29)21(13)25(19)24/h3-8H,1-2H3. The summed E-state index contributed by atoms with van der Waals surface area (Å²) in [7, 11) is 0. The Labute approximate surface area is 172 Å². The second-order valence-electron chi connectivity index (χ2n) is 7.50. The zero-order valence-electron chi connectivity index (χ0n) is 16.3. The third-order valence-electron chi connectivity index (χ3n) is 5.99. The molecule has 0 aliphatic rings. The van der Waals surface area contributed by atoms with Gasteiger partial charge in [-0.2, -0.15) is 21.0 Å². The summed E-state index contributed by atoms with van der Waals surface area (Å²) in [6, 6.07) is 20.1. The van der Waals surface area contributed by atoms with E-state index in [1.807, 2.05) is 32.0 Å². The van der Waals surface area contributed by atoms with Crippen molar-refractivity contribution >= 4 is 43.1 Å². The summed E-state index contributed by atoms with van der Waals surface area (Å²) < 4.78 is 0. The molecule has 0 amide bonds. The molecule has 0 aliphatic heterocycles. The predicted octanol–water partition coefficient (Wildman–Crippen LogP) is 5.84. The quantitative estimate of drug-likeness (QED) is 0.249. The summed E-state index contributed by atoms with van der Waals surface area (Å²) in [5.74, 6) is 0. The van der Waals surface area contributed by atoms with E-state index in [-0.39, 0.29) is 0 Å². The van der Waals surface area contributed by atoms with Crippen LogP contribution in [0.25, 0.3) is 43.1 Å². The molecular weight excluding hydrogens is 368 g/mol. The first-order valence-corrected chi connectivity index (χ1v) is 9.37. The number of nitrogens with zero attached hydrogens (tertiary/aromatic N) is 4. The largest absolute Gasteiger partial charge is 0.192 e. The van der Waals surface area contributed by atoms with E-state index in [2.05, 4.69) is 24.3 Å². The van der Waals surface area contributed by atoms with Crippen LogP contribution in [0.2, 0.25) is 0 Å². The van der Waals surface area contributed by atoms with Crippen molar-refractivity contribution in [1.29, 1.82) is 21.0 Å². The zero-order chi connectivity index (χ0) is 21.2. The maximum atomic E-state index is 9.95. The van der Waals surface area contributed by atoms with Crippen molar-refractivity contribution < 1.29 is 0 Å². The van der Waals surface area contributed by atoms with Gasteiger partial charge in [0.25, 0.3) is 0 Å². The van der Waals surface area contributed by atoms with Gasteiger partial charge in [0, 0.05) is 32.3 Å². The molecule has 0 aliphatic carbocycles. The van der Waals surface area contributed by atoms with E-state index in [1.165, 1.54) is 0 Å². The molecule has 136 valence electrons. The highest BCUT2D eigenvalue weighted by molar-refractivity contribution is 6.36. The molecule has 0 saturated heterocycles. The molecule has 0 spiro atoms. The van der Waals surface area contributed by atoms with Crippen molar-refractivity contribution in [3.05, 3.63) is 69.8 Å². The Morgan fingerprint density at radius 2 is 0.933 bits per heavy atom. The Kier molecular flexibility index (Phi) is 3.45. The molecule has 0 fully saturated rings. The Bertz CT molecular complexity index is 1720. The van der Waals surface area contributed by atoms with Crippen LogP contribution < -0.4 is 0 Å². The molecule has 0 saturated carbocycles. The molecule has 0 radical (unpaired) electrons. The summed E-state index contributed by atoms with van der Waals surface area (Å²) in [6.07, 6.45) is 0. The number of aryl methyl sites for hydroxylation is 2. The second-order valence-corrected chi connectivity index (χ2v) is 7.50. The van der Waals surface area contributed by atoms with E-state index in [1.54, 1.807) is 18.2 Å². The fraction of sp³-hybridized carbons (Fsp3) is 0.0769. The van der Waals surface area contributed by atoms with Gasteiger partial charge in [0.1, 0.15) is 0 Å². The fourth-order valence-electron chi connectivity index (χ4n) is 4.83. The number of hydrogen-bond donors (Lipinski definition) is 0. The van der Waals surface area contributed by atoms with E-state index in [9.17, 15) is 21.0 Å². The third kappa shape index (κ3) is 1.95. The smallest absolute Gasteiger partial charge is 0.0998 e. The minimum atomic E-state index is 0.362. The Morgan fingerprint density at radius 3 is 1.50 bits per heavy atom. The van der Waals surface area contributed by atoms with Gasteiger partial charge in [-0.1, -0.05) is 18.2 Å². The van der Waals surface area contributed by atoms with Crippen molar-refractivity contribution in [2.75, 3.05) is 0 Å². The van der Waals surface area contributed by atoms with Crippen molar-refractivity contribution in [2.24, 2.45) is 0 Å². The van der Waals surface area contributed by atoms with Crippen molar-refractivity contribution in [2.45, 2.75) is 13.8 Å². The lowest BCUT2D eigenvalue weighted by molar-refractivity contribution is 1.45. The van der Waals surface area contributed by atoms with Crippen LogP contribution in [0.5, 0.6) is 0 Å². The highest BCUT2D eigenvalue weighted by Crippen LogP contribution is 2.46. The van der Waals surface area contributed by atoms with Gasteiger partial charge in [-0.15, -0.1) is 0 Å². The van der Waals surface area contributed by atoms with E-state index >= 15 is 0 Å². The van der Waals surface area contributed by atoms with E-state index in [4.69, 9.17) is 0 Å². The fourth-order valence-corrected chi connectivity index (χ4v) is 4.83. The summed E-state index contributed by atoms with van der Waals surface area (Å²) in [6.45, 7) is 3.84. The second kappa shape index (κ2) is 5.93. The lowest BCUT2D eigenvalue weighted by Gasteiger charge is -2.19. The summed E-state index contributed by atoms with van der Waals surface area (Å²) in [5.41, 5.74) is 3.60. The Balaban J connectivity index is 2.34. The van der Waals surface area contributed by atoms with Crippen molar-refractivity contribution in [3.8, 4) is 24.3 Å².